The Labute approximate surface area is 146 Å². The summed E-state index contributed by atoms with van der Waals surface area (Å²) in [5.74, 6) is -0.0260. The molecule has 2 rings (SSSR count). The van der Waals surface area contributed by atoms with Crippen molar-refractivity contribution < 1.29 is 19.1 Å². The number of ether oxygens (including phenoxy) is 1. The molecule has 6 nitrogen and oxygen atoms in total. The second-order valence-corrected chi connectivity index (χ2v) is 5.49. The van der Waals surface area contributed by atoms with E-state index in [4.69, 9.17) is 4.74 Å². The lowest BCUT2D eigenvalue weighted by Gasteiger charge is -2.21. The van der Waals surface area contributed by atoms with Crippen molar-refractivity contribution in [3.63, 3.8) is 0 Å². The first-order valence-electron chi connectivity index (χ1n) is 7.73. The SMILES string of the molecule is COc1ccc(N(CC(=O)Nc2cccc(C(C)=O)c2)C(C)=O)cc1. The first kappa shape index (κ1) is 18.2. The van der Waals surface area contributed by atoms with Crippen LogP contribution in [0, 0.1) is 0 Å². The standard InChI is InChI=1S/C19H20N2O4/c1-13(22)15-5-4-6-16(11-15)20-19(24)12-21(14(2)23)17-7-9-18(25-3)10-8-17/h4-11H,12H2,1-3H3,(H,20,24). The fraction of sp³-hybridized carbons (Fsp3) is 0.211. The van der Waals surface area contributed by atoms with Crippen LogP contribution in [0.15, 0.2) is 48.5 Å². The number of amides is 2. The van der Waals surface area contributed by atoms with Gasteiger partial charge < -0.3 is 15.0 Å². The molecular formula is C19H20N2O4. The lowest BCUT2D eigenvalue weighted by atomic mass is 10.1. The molecule has 0 spiro atoms. The second-order valence-electron chi connectivity index (χ2n) is 5.49. The summed E-state index contributed by atoms with van der Waals surface area (Å²) < 4.78 is 5.09. The third-order valence-electron chi connectivity index (χ3n) is 3.62. The van der Waals surface area contributed by atoms with Gasteiger partial charge in [0.05, 0.1) is 7.11 Å². The van der Waals surface area contributed by atoms with Crippen LogP contribution in [0.5, 0.6) is 5.75 Å². The summed E-state index contributed by atoms with van der Waals surface area (Å²) in [6.45, 7) is 2.72. The molecule has 6 heteroatoms. The van der Waals surface area contributed by atoms with Crippen LogP contribution < -0.4 is 15.0 Å². The Hall–Kier alpha value is -3.15. The molecule has 25 heavy (non-hydrogen) atoms. The van der Waals surface area contributed by atoms with Crippen LogP contribution in [-0.2, 0) is 9.59 Å². The minimum atomic E-state index is -0.355. The molecule has 0 radical (unpaired) electrons. The largest absolute Gasteiger partial charge is 0.497 e. The molecule has 0 saturated heterocycles. The highest BCUT2D eigenvalue weighted by Crippen LogP contribution is 2.19. The molecule has 2 aromatic rings. The third kappa shape index (κ3) is 4.91. The molecule has 130 valence electrons. The number of Topliss-reactive ketones (excluding diaryl/α,β-unsaturated/α-hetero) is 1. The number of ketones is 1. The van der Waals surface area contributed by atoms with E-state index in [9.17, 15) is 14.4 Å². The van der Waals surface area contributed by atoms with Crippen molar-refractivity contribution in [2.24, 2.45) is 0 Å². The number of methoxy groups -OCH3 is 1. The molecule has 0 saturated carbocycles. The van der Waals surface area contributed by atoms with Gasteiger partial charge in [-0.05, 0) is 43.3 Å². The smallest absolute Gasteiger partial charge is 0.244 e. The number of anilines is 2. The van der Waals surface area contributed by atoms with Crippen molar-refractivity contribution in [3.8, 4) is 5.75 Å². The Morgan fingerprint density at radius 3 is 2.28 bits per heavy atom. The van der Waals surface area contributed by atoms with Crippen molar-refractivity contribution in [3.05, 3.63) is 54.1 Å². The Morgan fingerprint density at radius 1 is 1.04 bits per heavy atom. The van der Waals surface area contributed by atoms with Gasteiger partial charge in [0.1, 0.15) is 12.3 Å². The summed E-state index contributed by atoms with van der Waals surface area (Å²) in [4.78, 5) is 37.0. The van der Waals surface area contributed by atoms with Gasteiger partial charge >= 0.3 is 0 Å². The van der Waals surface area contributed by atoms with E-state index >= 15 is 0 Å². The van der Waals surface area contributed by atoms with Gasteiger partial charge in [-0.2, -0.15) is 0 Å². The Kier molecular flexibility index (Phi) is 5.89. The highest BCUT2D eigenvalue weighted by atomic mass is 16.5. The molecule has 0 aliphatic heterocycles. The van der Waals surface area contributed by atoms with Crippen LogP contribution in [0.3, 0.4) is 0 Å². The Morgan fingerprint density at radius 2 is 1.72 bits per heavy atom. The fourth-order valence-electron chi connectivity index (χ4n) is 2.31. The minimum absolute atomic E-state index is 0.0836. The number of hydrogen-bond donors (Lipinski definition) is 1. The molecule has 0 aliphatic rings. The van der Waals surface area contributed by atoms with Crippen molar-refractivity contribution in [1.29, 1.82) is 0 Å². The summed E-state index contributed by atoms with van der Waals surface area (Å²) >= 11 is 0. The number of nitrogens with one attached hydrogen (secondary N) is 1. The Bertz CT molecular complexity index is 784. The summed E-state index contributed by atoms with van der Waals surface area (Å²) in [6.07, 6.45) is 0. The van der Waals surface area contributed by atoms with E-state index in [0.29, 0.717) is 22.7 Å². The molecule has 2 aromatic carbocycles. The molecule has 0 fully saturated rings. The molecule has 0 aliphatic carbocycles. The molecule has 0 atom stereocenters. The lowest BCUT2D eigenvalue weighted by Crippen LogP contribution is -2.36. The molecular weight excluding hydrogens is 320 g/mol. The van der Waals surface area contributed by atoms with Crippen LogP contribution in [0.1, 0.15) is 24.2 Å². The normalized spacial score (nSPS) is 10.0. The van der Waals surface area contributed by atoms with E-state index in [1.165, 1.54) is 18.7 Å². The summed E-state index contributed by atoms with van der Waals surface area (Å²) in [7, 11) is 1.56. The maximum atomic E-state index is 12.3. The molecule has 1 N–H and O–H groups in total. The number of carbonyl (C=O) groups excluding carboxylic acids is 3. The van der Waals surface area contributed by atoms with E-state index in [1.54, 1.807) is 55.6 Å². The highest BCUT2D eigenvalue weighted by molar-refractivity contribution is 6.02. The lowest BCUT2D eigenvalue weighted by molar-refractivity contribution is -0.120. The van der Waals surface area contributed by atoms with Crippen molar-refractivity contribution in [1.82, 2.24) is 0 Å². The van der Waals surface area contributed by atoms with E-state index in [-0.39, 0.29) is 24.1 Å². The number of carbonyl (C=O) groups is 3. The van der Waals surface area contributed by atoms with Gasteiger partial charge in [0, 0.05) is 23.9 Å². The van der Waals surface area contributed by atoms with Crippen molar-refractivity contribution >= 4 is 29.0 Å². The zero-order chi connectivity index (χ0) is 18.4. The van der Waals surface area contributed by atoms with Gasteiger partial charge in [-0.3, -0.25) is 14.4 Å². The molecule has 0 aromatic heterocycles. The van der Waals surface area contributed by atoms with Gasteiger partial charge in [0.2, 0.25) is 11.8 Å². The van der Waals surface area contributed by atoms with Gasteiger partial charge in [0.15, 0.2) is 5.78 Å². The van der Waals surface area contributed by atoms with Gasteiger partial charge in [-0.1, -0.05) is 12.1 Å². The van der Waals surface area contributed by atoms with E-state index in [1.807, 2.05) is 0 Å². The van der Waals surface area contributed by atoms with E-state index in [0.717, 1.165) is 0 Å². The number of rotatable bonds is 6. The zero-order valence-electron chi connectivity index (χ0n) is 14.4. The van der Waals surface area contributed by atoms with Crippen molar-refractivity contribution in [2.45, 2.75) is 13.8 Å². The number of benzene rings is 2. The predicted molar refractivity (Wildman–Crippen MR) is 96.1 cm³/mol. The van der Waals surface area contributed by atoms with Crippen LogP contribution in [0.2, 0.25) is 0 Å². The fourth-order valence-corrected chi connectivity index (χ4v) is 2.31. The monoisotopic (exact) mass is 340 g/mol. The van der Waals surface area contributed by atoms with Crippen LogP contribution in [0.25, 0.3) is 0 Å². The second kappa shape index (κ2) is 8.10. The van der Waals surface area contributed by atoms with Crippen molar-refractivity contribution in [2.75, 3.05) is 23.9 Å². The maximum absolute atomic E-state index is 12.3. The predicted octanol–water partition coefficient (Wildman–Crippen LogP) is 2.89. The maximum Gasteiger partial charge on any atom is 0.244 e. The third-order valence-corrected chi connectivity index (χ3v) is 3.62. The molecule has 2 amide bonds. The van der Waals surface area contributed by atoms with Gasteiger partial charge in [-0.15, -0.1) is 0 Å². The number of nitrogens with zero attached hydrogens (tertiary/aromatic N) is 1. The average Bonchev–Trinajstić information content (AvgIpc) is 2.60. The first-order chi connectivity index (χ1) is 11.9. The van der Waals surface area contributed by atoms with Gasteiger partial charge in [-0.25, -0.2) is 0 Å². The summed E-state index contributed by atoms with van der Waals surface area (Å²) in [5, 5.41) is 2.71. The minimum Gasteiger partial charge on any atom is -0.497 e. The summed E-state index contributed by atoms with van der Waals surface area (Å²) in [6, 6.07) is 13.5. The summed E-state index contributed by atoms with van der Waals surface area (Å²) in [5.41, 5.74) is 1.62. The molecule has 0 bridgehead atoms. The topological polar surface area (TPSA) is 75.7 Å². The quantitative estimate of drug-likeness (QED) is 0.821. The van der Waals surface area contributed by atoms with Crippen LogP contribution in [-0.4, -0.2) is 31.3 Å². The van der Waals surface area contributed by atoms with Crippen LogP contribution in [0.4, 0.5) is 11.4 Å². The first-order valence-corrected chi connectivity index (χ1v) is 7.73. The average molecular weight is 340 g/mol. The highest BCUT2D eigenvalue weighted by Gasteiger charge is 2.16. The molecule has 0 heterocycles. The zero-order valence-corrected chi connectivity index (χ0v) is 14.4. The molecule has 0 unspecified atom stereocenters. The van der Waals surface area contributed by atoms with E-state index < -0.39 is 0 Å². The van der Waals surface area contributed by atoms with E-state index in [2.05, 4.69) is 5.32 Å². The Balaban J connectivity index is 2.11. The van der Waals surface area contributed by atoms with Gasteiger partial charge in [0.25, 0.3) is 0 Å². The van der Waals surface area contributed by atoms with Crippen LogP contribution >= 0.6 is 0 Å². The number of hydrogen-bond acceptors (Lipinski definition) is 4.